The Bertz CT molecular complexity index is 1940. The van der Waals surface area contributed by atoms with Crippen molar-refractivity contribution < 1.29 is 37.5 Å². The number of fused-ring (bicyclic) bond motifs is 2. The average Bonchev–Trinajstić information content (AvgIpc) is 3.67. The van der Waals surface area contributed by atoms with Crippen molar-refractivity contribution in [3.63, 3.8) is 0 Å². The van der Waals surface area contributed by atoms with E-state index in [0.29, 0.717) is 35.7 Å². The van der Waals surface area contributed by atoms with E-state index in [1.165, 1.54) is 12.3 Å². The maximum Gasteiger partial charge on any atom is 0.436 e. The minimum Gasteiger partial charge on any atom is -0.448 e. The van der Waals surface area contributed by atoms with Crippen molar-refractivity contribution in [1.82, 2.24) is 35.5 Å². The third-order valence-corrected chi connectivity index (χ3v) is 7.67. The molecule has 1 atom stereocenters. The van der Waals surface area contributed by atoms with Crippen LogP contribution in [-0.2, 0) is 19.1 Å². The summed E-state index contributed by atoms with van der Waals surface area (Å²) in [5.41, 5.74) is 1.77. The largest absolute Gasteiger partial charge is 0.448 e. The summed E-state index contributed by atoms with van der Waals surface area (Å²) in [7, 11) is 0. The number of alkyl halides is 2. The van der Waals surface area contributed by atoms with Crippen molar-refractivity contribution in [1.29, 1.82) is 5.26 Å². The standard InChI is InChI=1S/C32H31F2N9O6/c33-32(34)15-20(16-35)42(19-32)28(46)18-38-30(47)22-12-13-36-29-21(22)7-6-9-24(29)39-27(45)17-37-26(44)11-2-1-5-14-49-31(48)43-25-10-4-3-8-23(25)40-41-43/h3-4,6-10,12-13,20H,1-2,5,11,14-15,17-19H2,(H,37,44)(H,38,47)(H,39,45). The first-order valence-corrected chi connectivity index (χ1v) is 15.3. The highest BCUT2D eigenvalue weighted by Gasteiger charge is 2.47. The molecule has 0 radical (unpaired) electrons. The molecule has 1 unspecified atom stereocenters. The van der Waals surface area contributed by atoms with Gasteiger partial charge in [-0.1, -0.05) is 29.5 Å². The molecule has 4 amide bonds. The van der Waals surface area contributed by atoms with E-state index in [2.05, 4.69) is 31.2 Å². The van der Waals surface area contributed by atoms with Crippen LogP contribution in [-0.4, -0.2) is 92.8 Å². The molecule has 2 aromatic heterocycles. The van der Waals surface area contributed by atoms with E-state index in [9.17, 15) is 32.8 Å². The molecule has 5 rings (SSSR count). The summed E-state index contributed by atoms with van der Waals surface area (Å²) in [6, 6.07) is 13.5. The van der Waals surface area contributed by atoms with Crippen LogP contribution in [0, 0.1) is 11.3 Å². The topological polar surface area (TPSA) is 201 Å². The van der Waals surface area contributed by atoms with E-state index in [1.807, 2.05) is 0 Å². The van der Waals surface area contributed by atoms with Crippen LogP contribution in [0.15, 0.2) is 54.7 Å². The van der Waals surface area contributed by atoms with Gasteiger partial charge in [-0.25, -0.2) is 13.6 Å². The summed E-state index contributed by atoms with van der Waals surface area (Å²) >= 11 is 0. The van der Waals surface area contributed by atoms with Gasteiger partial charge >= 0.3 is 6.09 Å². The fraction of sp³-hybridized carbons (Fsp3) is 0.344. The number of hydrogen-bond donors (Lipinski definition) is 3. The van der Waals surface area contributed by atoms with Gasteiger partial charge in [0.15, 0.2) is 0 Å². The number of hydrogen-bond acceptors (Lipinski definition) is 10. The Kier molecular flexibility index (Phi) is 10.7. The molecule has 2 aromatic carbocycles. The number of para-hydroxylation sites is 2. The Morgan fingerprint density at radius 2 is 1.80 bits per heavy atom. The number of ether oxygens (including phenoxy) is 1. The first-order chi connectivity index (χ1) is 23.6. The first-order valence-electron chi connectivity index (χ1n) is 15.3. The predicted molar refractivity (Wildman–Crippen MR) is 169 cm³/mol. The van der Waals surface area contributed by atoms with Gasteiger partial charge in [0.2, 0.25) is 17.7 Å². The quantitative estimate of drug-likeness (QED) is 0.188. The van der Waals surface area contributed by atoms with Gasteiger partial charge in [-0.2, -0.15) is 5.26 Å². The number of nitrogens with zero attached hydrogens (tertiary/aromatic N) is 6. The number of benzene rings is 2. The smallest absolute Gasteiger partial charge is 0.436 e. The molecule has 3 N–H and O–H groups in total. The van der Waals surface area contributed by atoms with E-state index >= 15 is 0 Å². The fourth-order valence-corrected chi connectivity index (χ4v) is 5.27. The highest BCUT2D eigenvalue weighted by atomic mass is 19.3. The normalized spacial score (nSPS) is 15.0. The molecule has 3 heterocycles. The van der Waals surface area contributed by atoms with Crippen molar-refractivity contribution in [2.24, 2.45) is 0 Å². The van der Waals surface area contributed by atoms with Gasteiger partial charge in [0.05, 0.1) is 49.1 Å². The summed E-state index contributed by atoms with van der Waals surface area (Å²) in [5.74, 6) is -5.56. The van der Waals surface area contributed by atoms with Crippen LogP contribution in [0.1, 0.15) is 42.5 Å². The molecule has 0 bridgehead atoms. The van der Waals surface area contributed by atoms with E-state index in [4.69, 9.17) is 10.00 Å². The van der Waals surface area contributed by atoms with Crippen molar-refractivity contribution in [2.75, 3.05) is 31.6 Å². The van der Waals surface area contributed by atoms with Crippen LogP contribution in [0.5, 0.6) is 0 Å². The predicted octanol–water partition coefficient (Wildman–Crippen LogP) is 2.77. The number of nitrogens with one attached hydrogen (secondary N) is 3. The maximum absolute atomic E-state index is 13.7. The monoisotopic (exact) mass is 675 g/mol. The molecule has 0 saturated carbocycles. The number of carbonyl (C=O) groups excluding carboxylic acids is 5. The number of anilines is 1. The summed E-state index contributed by atoms with van der Waals surface area (Å²) in [6.07, 6.45) is 1.71. The van der Waals surface area contributed by atoms with Crippen LogP contribution in [0.3, 0.4) is 0 Å². The summed E-state index contributed by atoms with van der Waals surface area (Å²) in [5, 5.41) is 24.8. The zero-order valence-electron chi connectivity index (χ0n) is 26.0. The molecule has 49 heavy (non-hydrogen) atoms. The molecular weight excluding hydrogens is 644 g/mol. The Morgan fingerprint density at radius 3 is 2.61 bits per heavy atom. The van der Waals surface area contributed by atoms with Crippen LogP contribution in [0.25, 0.3) is 21.9 Å². The SMILES string of the molecule is N#CC1CC(F)(F)CN1C(=O)CNC(=O)c1ccnc2c(NC(=O)CNC(=O)CCCCCOC(=O)n3nnc4ccccc43)cccc12. The lowest BCUT2D eigenvalue weighted by Crippen LogP contribution is -2.43. The van der Waals surface area contributed by atoms with Gasteiger partial charge in [-0.15, -0.1) is 9.78 Å². The summed E-state index contributed by atoms with van der Waals surface area (Å²) in [4.78, 5) is 67.6. The van der Waals surface area contributed by atoms with Crippen molar-refractivity contribution in [2.45, 2.75) is 44.1 Å². The van der Waals surface area contributed by atoms with Crippen LogP contribution in [0.2, 0.25) is 0 Å². The van der Waals surface area contributed by atoms with Crippen molar-refractivity contribution >= 4 is 57.3 Å². The van der Waals surface area contributed by atoms with Gasteiger partial charge in [0.1, 0.15) is 17.1 Å². The second-order valence-corrected chi connectivity index (χ2v) is 11.2. The van der Waals surface area contributed by atoms with Crippen LogP contribution >= 0.6 is 0 Å². The van der Waals surface area contributed by atoms with Gasteiger partial charge in [0.25, 0.3) is 11.8 Å². The Morgan fingerprint density at radius 1 is 0.980 bits per heavy atom. The van der Waals surface area contributed by atoms with Gasteiger partial charge < -0.3 is 25.6 Å². The van der Waals surface area contributed by atoms with E-state index in [1.54, 1.807) is 48.5 Å². The molecular formula is C32H31F2N9O6. The lowest BCUT2D eigenvalue weighted by atomic mass is 10.1. The average molecular weight is 676 g/mol. The maximum atomic E-state index is 13.7. The van der Waals surface area contributed by atoms with Crippen LogP contribution < -0.4 is 16.0 Å². The highest BCUT2D eigenvalue weighted by molar-refractivity contribution is 6.11. The van der Waals surface area contributed by atoms with Crippen molar-refractivity contribution in [3.8, 4) is 6.07 Å². The van der Waals surface area contributed by atoms with Gasteiger partial charge in [0, 0.05) is 24.4 Å². The molecule has 1 aliphatic heterocycles. The molecule has 15 nitrogen and oxygen atoms in total. The highest BCUT2D eigenvalue weighted by Crippen LogP contribution is 2.31. The lowest BCUT2D eigenvalue weighted by Gasteiger charge is -2.19. The number of aromatic nitrogens is 4. The van der Waals surface area contributed by atoms with E-state index < -0.39 is 55.3 Å². The van der Waals surface area contributed by atoms with E-state index in [0.717, 1.165) is 9.58 Å². The van der Waals surface area contributed by atoms with Crippen LogP contribution in [0.4, 0.5) is 19.3 Å². The number of amides is 4. The molecule has 17 heteroatoms. The molecule has 4 aromatic rings. The number of likely N-dealkylation sites (tertiary alicyclic amines) is 1. The molecule has 1 saturated heterocycles. The number of halogens is 2. The molecule has 1 fully saturated rings. The molecule has 0 aliphatic carbocycles. The second kappa shape index (κ2) is 15.2. The van der Waals surface area contributed by atoms with Gasteiger partial charge in [-0.05, 0) is 43.5 Å². The van der Waals surface area contributed by atoms with E-state index in [-0.39, 0.29) is 42.2 Å². The third kappa shape index (κ3) is 8.46. The zero-order chi connectivity index (χ0) is 35.0. The summed E-state index contributed by atoms with van der Waals surface area (Å²) < 4.78 is 33.7. The third-order valence-electron chi connectivity index (χ3n) is 7.67. The Labute approximate surface area is 277 Å². The minimum atomic E-state index is -3.18. The number of pyridine rings is 1. The lowest BCUT2D eigenvalue weighted by molar-refractivity contribution is -0.131. The fourth-order valence-electron chi connectivity index (χ4n) is 5.27. The molecule has 254 valence electrons. The Hall–Kier alpha value is -6.05. The number of carbonyl (C=O) groups is 5. The second-order valence-electron chi connectivity index (χ2n) is 11.2. The number of nitriles is 1. The molecule has 0 spiro atoms. The van der Waals surface area contributed by atoms with Crippen molar-refractivity contribution in [3.05, 3.63) is 60.3 Å². The number of unbranched alkanes of at least 4 members (excludes halogenated alkanes) is 2. The number of rotatable bonds is 12. The minimum absolute atomic E-state index is 0.118. The Balaban J connectivity index is 1.04. The van der Waals surface area contributed by atoms with Gasteiger partial charge in [-0.3, -0.25) is 24.2 Å². The first kappa shape index (κ1) is 34.3. The molecule has 1 aliphatic rings. The zero-order valence-corrected chi connectivity index (χ0v) is 26.0. The summed E-state index contributed by atoms with van der Waals surface area (Å²) in [6.45, 7) is -1.67.